The van der Waals surface area contributed by atoms with Crippen molar-refractivity contribution in [2.24, 2.45) is 0 Å². The van der Waals surface area contributed by atoms with Crippen LogP contribution >= 0.6 is 0 Å². The van der Waals surface area contributed by atoms with Gasteiger partial charge in [-0.25, -0.2) is 4.57 Å². The summed E-state index contributed by atoms with van der Waals surface area (Å²) in [7, 11) is 0. The average molecular weight is 329 g/mol. The third-order valence-electron chi connectivity index (χ3n) is 6.60. The molecular weight excluding hydrogens is 304 g/mol. The van der Waals surface area contributed by atoms with Gasteiger partial charge in [-0.3, -0.25) is 0 Å². The highest BCUT2D eigenvalue weighted by Crippen LogP contribution is 2.41. The topological polar surface area (TPSA) is 9.03 Å². The second kappa shape index (κ2) is 5.08. The van der Waals surface area contributed by atoms with Crippen molar-refractivity contribution < 1.29 is 4.40 Å². The molecule has 25 heavy (non-hydrogen) atoms. The Balaban J connectivity index is 2.14. The van der Waals surface area contributed by atoms with Gasteiger partial charge < -0.3 is 0 Å². The highest BCUT2D eigenvalue weighted by Gasteiger charge is 2.41. The zero-order chi connectivity index (χ0) is 17.2. The molecule has 0 saturated heterocycles. The lowest BCUT2D eigenvalue weighted by Crippen LogP contribution is -2.33. The molecule has 0 bridgehead atoms. The second-order valence-corrected chi connectivity index (χ2v) is 7.60. The summed E-state index contributed by atoms with van der Waals surface area (Å²) < 4.78 is 5.13. The molecule has 0 aliphatic carbocycles. The van der Waals surface area contributed by atoms with E-state index in [-0.39, 0.29) is 5.54 Å². The van der Waals surface area contributed by atoms with E-state index in [1.165, 1.54) is 57.8 Å². The first kappa shape index (κ1) is 14.9. The molecule has 0 atom stereocenters. The van der Waals surface area contributed by atoms with Gasteiger partial charge in [-0.1, -0.05) is 44.2 Å². The van der Waals surface area contributed by atoms with Gasteiger partial charge in [0.25, 0.3) is 5.65 Å². The Labute approximate surface area is 148 Å². The summed E-state index contributed by atoms with van der Waals surface area (Å²) in [6.07, 6.45) is 6.98. The van der Waals surface area contributed by atoms with Crippen LogP contribution in [0.15, 0.2) is 48.7 Å². The highest BCUT2D eigenvalue weighted by molar-refractivity contribution is 5.98. The molecule has 2 aromatic carbocycles. The second-order valence-electron chi connectivity index (χ2n) is 7.60. The summed E-state index contributed by atoms with van der Waals surface area (Å²) in [5.41, 5.74) is 7.17. The number of aryl methyl sites for hydroxylation is 2. The Bertz CT molecular complexity index is 1130. The van der Waals surface area contributed by atoms with Crippen molar-refractivity contribution in [3.05, 3.63) is 59.8 Å². The molecule has 1 aliphatic heterocycles. The molecule has 0 unspecified atom stereocenters. The van der Waals surface area contributed by atoms with Crippen molar-refractivity contribution in [3.63, 3.8) is 0 Å². The normalized spacial score (nSPS) is 16.1. The van der Waals surface area contributed by atoms with E-state index in [4.69, 9.17) is 0 Å². The predicted molar refractivity (Wildman–Crippen MR) is 104 cm³/mol. The molecule has 1 aliphatic rings. The van der Waals surface area contributed by atoms with E-state index in [9.17, 15) is 0 Å². The van der Waals surface area contributed by atoms with Gasteiger partial charge in [0.2, 0.25) is 0 Å². The maximum absolute atomic E-state index is 2.69. The lowest BCUT2D eigenvalue weighted by Gasteiger charge is -2.28. The van der Waals surface area contributed by atoms with Crippen LogP contribution in [0.2, 0.25) is 0 Å². The summed E-state index contributed by atoms with van der Waals surface area (Å²) in [5.74, 6) is 0. The van der Waals surface area contributed by atoms with Gasteiger partial charge >= 0.3 is 0 Å². The van der Waals surface area contributed by atoms with Gasteiger partial charge in [0, 0.05) is 5.56 Å². The third-order valence-corrected chi connectivity index (χ3v) is 6.60. The highest BCUT2D eigenvalue weighted by atomic mass is 15.2. The molecule has 0 fully saturated rings. The van der Waals surface area contributed by atoms with E-state index in [2.05, 4.69) is 78.4 Å². The van der Waals surface area contributed by atoms with Crippen LogP contribution < -0.4 is 4.40 Å². The van der Waals surface area contributed by atoms with Crippen LogP contribution in [0.4, 0.5) is 0 Å². The van der Waals surface area contributed by atoms with Gasteiger partial charge in [-0.2, -0.15) is 4.40 Å². The Morgan fingerprint density at radius 3 is 2.64 bits per heavy atom. The molecule has 0 spiro atoms. The molecule has 0 saturated carbocycles. The zero-order valence-corrected chi connectivity index (χ0v) is 15.3. The van der Waals surface area contributed by atoms with Crippen LogP contribution in [-0.2, 0) is 12.0 Å². The lowest BCUT2D eigenvalue weighted by molar-refractivity contribution is -0.481. The number of benzene rings is 2. The van der Waals surface area contributed by atoms with Crippen molar-refractivity contribution >= 4 is 27.5 Å². The van der Waals surface area contributed by atoms with Gasteiger partial charge in [0.1, 0.15) is 5.54 Å². The molecule has 0 radical (unpaired) electrons. The molecule has 5 rings (SSSR count). The van der Waals surface area contributed by atoms with Crippen molar-refractivity contribution in [2.75, 3.05) is 0 Å². The van der Waals surface area contributed by atoms with Crippen LogP contribution in [0.25, 0.3) is 27.5 Å². The van der Waals surface area contributed by atoms with E-state index in [1.54, 1.807) is 0 Å². The molecular formula is C23H25N2+. The van der Waals surface area contributed by atoms with E-state index < -0.39 is 0 Å². The molecule has 2 aromatic heterocycles. The monoisotopic (exact) mass is 329 g/mol. The SMILES string of the molecule is CCC1(CC)CCc2cccc3cc[n+]4c5c(C)cccc5n1c4c23. The molecule has 126 valence electrons. The number of rotatable bonds is 2. The maximum atomic E-state index is 2.69. The van der Waals surface area contributed by atoms with Gasteiger partial charge in [0.15, 0.2) is 11.0 Å². The Hall–Kier alpha value is -2.35. The van der Waals surface area contributed by atoms with Crippen LogP contribution in [0.3, 0.4) is 0 Å². The number of pyridine rings is 1. The van der Waals surface area contributed by atoms with E-state index in [0.29, 0.717) is 0 Å². The number of hydrogen-bond donors (Lipinski definition) is 0. The third kappa shape index (κ3) is 1.77. The Morgan fingerprint density at radius 2 is 1.84 bits per heavy atom. The fraction of sp³-hybridized carbons (Fsp3) is 0.348. The largest absolute Gasteiger partial charge is 0.295 e. The van der Waals surface area contributed by atoms with Crippen LogP contribution in [-0.4, -0.2) is 4.57 Å². The number of para-hydroxylation sites is 1. The van der Waals surface area contributed by atoms with Crippen molar-refractivity contribution in [3.8, 4) is 0 Å². The summed E-state index contributed by atoms with van der Waals surface area (Å²) >= 11 is 0. The summed E-state index contributed by atoms with van der Waals surface area (Å²) in [4.78, 5) is 0. The van der Waals surface area contributed by atoms with E-state index in [0.717, 1.165) is 6.42 Å². The van der Waals surface area contributed by atoms with E-state index >= 15 is 0 Å². The lowest BCUT2D eigenvalue weighted by atomic mass is 9.86. The first-order valence-corrected chi connectivity index (χ1v) is 9.56. The van der Waals surface area contributed by atoms with Gasteiger partial charge in [-0.05, 0) is 55.7 Å². The maximum Gasteiger partial charge on any atom is 0.295 e. The quantitative estimate of drug-likeness (QED) is 0.441. The molecule has 2 heteroatoms. The molecule has 4 aromatic rings. The standard InChI is InChI=1S/C23H25N2/c1-4-23(5-2)14-12-17-9-7-10-18-13-15-24-21-16(3)8-6-11-19(21)25(23)22(24)20(17)18/h6-11,13,15H,4-5,12,14H2,1-3H3/q+1. The number of fused-ring (bicyclic) bond motifs is 3. The van der Waals surface area contributed by atoms with E-state index in [1.807, 2.05) is 0 Å². The molecule has 3 heterocycles. The van der Waals surface area contributed by atoms with Crippen molar-refractivity contribution in [1.29, 1.82) is 0 Å². The molecule has 2 nitrogen and oxygen atoms in total. The number of imidazole rings is 1. The zero-order valence-electron chi connectivity index (χ0n) is 15.3. The minimum Gasteiger partial charge on any atom is -0.217 e. The van der Waals surface area contributed by atoms with Crippen LogP contribution in [0, 0.1) is 6.92 Å². The number of aromatic nitrogens is 2. The minimum atomic E-state index is 0.189. The van der Waals surface area contributed by atoms with Crippen LogP contribution in [0.5, 0.6) is 0 Å². The summed E-state index contributed by atoms with van der Waals surface area (Å²) in [6, 6.07) is 15.9. The molecule has 0 N–H and O–H groups in total. The summed E-state index contributed by atoms with van der Waals surface area (Å²) in [5, 5.41) is 2.81. The van der Waals surface area contributed by atoms with Crippen molar-refractivity contribution in [2.45, 2.75) is 52.0 Å². The predicted octanol–water partition coefficient (Wildman–Crippen LogP) is 5.30. The first-order chi connectivity index (χ1) is 12.2. The Morgan fingerprint density at radius 1 is 1.04 bits per heavy atom. The van der Waals surface area contributed by atoms with Crippen molar-refractivity contribution in [1.82, 2.24) is 4.57 Å². The minimum absolute atomic E-state index is 0.189. The van der Waals surface area contributed by atoms with Crippen LogP contribution in [0.1, 0.15) is 44.2 Å². The van der Waals surface area contributed by atoms with Gasteiger partial charge in [-0.15, -0.1) is 0 Å². The number of hydrogen-bond acceptors (Lipinski definition) is 0. The first-order valence-electron chi connectivity index (χ1n) is 9.56. The fourth-order valence-electron chi connectivity index (χ4n) is 5.12. The average Bonchev–Trinajstić information content (AvgIpc) is 2.91. The number of nitrogens with zero attached hydrogens (tertiary/aromatic N) is 2. The molecule has 0 amide bonds. The summed E-state index contributed by atoms with van der Waals surface area (Å²) in [6.45, 7) is 6.95. The smallest absolute Gasteiger partial charge is 0.217 e. The fourth-order valence-corrected chi connectivity index (χ4v) is 5.12. The van der Waals surface area contributed by atoms with Gasteiger partial charge in [0.05, 0.1) is 11.6 Å². The Kier molecular flexibility index (Phi) is 3.03.